The first-order valence-corrected chi connectivity index (χ1v) is 7.76. The van der Waals surface area contributed by atoms with Crippen LogP contribution in [0, 0.1) is 12.7 Å². The highest BCUT2D eigenvalue weighted by Crippen LogP contribution is 2.28. The highest BCUT2D eigenvalue weighted by atomic mass is 19.1. The average molecular weight is 278 g/mol. The first-order valence-electron chi connectivity index (χ1n) is 7.76. The lowest BCUT2D eigenvalue weighted by Gasteiger charge is -2.45. The summed E-state index contributed by atoms with van der Waals surface area (Å²) in [5.74, 6) is -0.0956. The molecule has 0 spiro atoms. The van der Waals surface area contributed by atoms with Gasteiger partial charge in [-0.15, -0.1) is 0 Å². The second kappa shape index (κ2) is 6.23. The Kier molecular flexibility index (Phi) is 4.82. The van der Waals surface area contributed by atoms with Crippen LogP contribution in [0.15, 0.2) is 18.2 Å². The number of nitrogens with zero attached hydrogens (tertiary/aromatic N) is 1. The van der Waals surface area contributed by atoms with Crippen molar-refractivity contribution in [1.29, 1.82) is 0 Å². The predicted molar refractivity (Wildman–Crippen MR) is 82.4 cm³/mol. The number of benzene rings is 1. The Labute approximate surface area is 122 Å². The lowest BCUT2D eigenvalue weighted by Crippen LogP contribution is -2.60. The average Bonchev–Trinajstić information content (AvgIpc) is 2.49. The molecule has 2 rings (SSSR count). The van der Waals surface area contributed by atoms with Crippen molar-refractivity contribution in [3.05, 3.63) is 35.1 Å². The van der Waals surface area contributed by atoms with E-state index in [2.05, 4.69) is 37.1 Å². The van der Waals surface area contributed by atoms with Crippen LogP contribution >= 0.6 is 0 Å². The lowest BCUT2D eigenvalue weighted by molar-refractivity contribution is 0.0918. The van der Waals surface area contributed by atoms with Crippen molar-refractivity contribution in [2.45, 2.75) is 52.1 Å². The fourth-order valence-corrected chi connectivity index (χ4v) is 3.12. The number of piperazine rings is 1. The molecule has 1 N–H and O–H groups in total. The molecule has 0 aliphatic carbocycles. The maximum Gasteiger partial charge on any atom is 0.126 e. The molecule has 1 aliphatic rings. The minimum Gasteiger partial charge on any atom is -0.309 e. The van der Waals surface area contributed by atoms with Gasteiger partial charge < -0.3 is 5.32 Å². The summed E-state index contributed by atoms with van der Waals surface area (Å²) in [6.07, 6.45) is 2.27. The van der Waals surface area contributed by atoms with Gasteiger partial charge in [0.15, 0.2) is 0 Å². The summed E-state index contributed by atoms with van der Waals surface area (Å²) in [6.45, 7) is 11.6. The summed E-state index contributed by atoms with van der Waals surface area (Å²) >= 11 is 0. The highest BCUT2D eigenvalue weighted by molar-refractivity contribution is 5.25. The molecule has 1 saturated heterocycles. The van der Waals surface area contributed by atoms with Gasteiger partial charge in [0.05, 0.1) is 0 Å². The van der Waals surface area contributed by atoms with Crippen LogP contribution in [0.2, 0.25) is 0 Å². The van der Waals surface area contributed by atoms with Crippen molar-refractivity contribution in [3.63, 3.8) is 0 Å². The van der Waals surface area contributed by atoms with Crippen LogP contribution in [0.5, 0.6) is 0 Å². The second-order valence-corrected chi connectivity index (χ2v) is 6.07. The van der Waals surface area contributed by atoms with Crippen molar-refractivity contribution >= 4 is 0 Å². The van der Waals surface area contributed by atoms with Gasteiger partial charge in [0.1, 0.15) is 5.82 Å². The fraction of sp³-hybridized carbons (Fsp3) is 0.647. The molecule has 2 nitrogen and oxygen atoms in total. The normalized spacial score (nSPS) is 20.9. The minimum atomic E-state index is -0.0956. The van der Waals surface area contributed by atoms with Gasteiger partial charge in [0.25, 0.3) is 0 Å². The summed E-state index contributed by atoms with van der Waals surface area (Å²) in [5, 5.41) is 3.67. The van der Waals surface area contributed by atoms with E-state index >= 15 is 0 Å². The Morgan fingerprint density at radius 2 is 2.05 bits per heavy atom. The predicted octanol–water partition coefficient (Wildman–Crippen LogP) is 3.66. The number of hydrogen-bond donors (Lipinski definition) is 1. The van der Waals surface area contributed by atoms with Crippen molar-refractivity contribution in [1.82, 2.24) is 10.2 Å². The third kappa shape index (κ3) is 3.04. The monoisotopic (exact) mass is 278 g/mol. The van der Waals surface area contributed by atoms with E-state index in [0.29, 0.717) is 0 Å². The van der Waals surface area contributed by atoms with Gasteiger partial charge in [-0.3, -0.25) is 4.90 Å². The van der Waals surface area contributed by atoms with Gasteiger partial charge in [-0.1, -0.05) is 26.0 Å². The smallest absolute Gasteiger partial charge is 0.126 e. The van der Waals surface area contributed by atoms with Crippen LogP contribution < -0.4 is 5.32 Å². The largest absolute Gasteiger partial charge is 0.309 e. The summed E-state index contributed by atoms with van der Waals surface area (Å²) < 4.78 is 13.8. The molecule has 1 fully saturated rings. The molecule has 20 heavy (non-hydrogen) atoms. The summed E-state index contributed by atoms with van der Waals surface area (Å²) in [7, 11) is 0. The standard InChI is InChI=1S/C17H27FN2/c1-5-17(6-2)12-20(10-9-19-17)14(4)15-8-7-13(3)16(18)11-15/h7-8,11,14,19H,5-6,9-10,12H2,1-4H3. The molecule has 1 aliphatic heterocycles. The van der Waals surface area contributed by atoms with Crippen LogP contribution in [0.25, 0.3) is 0 Å². The van der Waals surface area contributed by atoms with E-state index in [1.54, 1.807) is 6.07 Å². The quantitative estimate of drug-likeness (QED) is 0.904. The van der Waals surface area contributed by atoms with E-state index in [1.807, 2.05) is 13.0 Å². The van der Waals surface area contributed by atoms with Crippen LogP contribution in [-0.2, 0) is 0 Å². The van der Waals surface area contributed by atoms with Crippen molar-refractivity contribution in [3.8, 4) is 0 Å². The number of rotatable bonds is 4. The Hall–Kier alpha value is -0.930. The van der Waals surface area contributed by atoms with Gasteiger partial charge in [0, 0.05) is 31.2 Å². The summed E-state index contributed by atoms with van der Waals surface area (Å²) in [4.78, 5) is 2.48. The Balaban J connectivity index is 2.15. The van der Waals surface area contributed by atoms with Crippen LogP contribution in [0.4, 0.5) is 4.39 Å². The Bertz CT molecular complexity index is 454. The van der Waals surface area contributed by atoms with E-state index in [0.717, 1.165) is 43.6 Å². The third-order valence-electron chi connectivity index (χ3n) is 4.98. The summed E-state index contributed by atoms with van der Waals surface area (Å²) in [6, 6.07) is 5.91. The van der Waals surface area contributed by atoms with Gasteiger partial charge in [-0.2, -0.15) is 0 Å². The van der Waals surface area contributed by atoms with E-state index < -0.39 is 0 Å². The summed E-state index contributed by atoms with van der Waals surface area (Å²) in [5.41, 5.74) is 2.02. The van der Waals surface area contributed by atoms with Gasteiger partial charge >= 0.3 is 0 Å². The van der Waals surface area contributed by atoms with Crippen molar-refractivity contribution < 1.29 is 4.39 Å². The zero-order valence-corrected chi connectivity index (χ0v) is 13.2. The second-order valence-electron chi connectivity index (χ2n) is 6.07. The molecule has 1 aromatic carbocycles. The third-order valence-corrected chi connectivity index (χ3v) is 4.98. The molecular weight excluding hydrogens is 251 g/mol. The van der Waals surface area contributed by atoms with E-state index in [4.69, 9.17) is 0 Å². The molecule has 1 heterocycles. The van der Waals surface area contributed by atoms with E-state index in [1.165, 1.54) is 0 Å². The minimum absolute atomic E-state index is 0.0956. The lowest BCUT2D eigenvalue weighted by atomic mass is 9.89. The molecule has 112 valence electrons. The zero-order valence-electron chi connectivity index (χ0n) is 13.2. The molecule has 3 heteroatoms. The number of halogens is 1. The molecule has 0 aromatic heterocycles. The van der Waals surface area contributed by atoms with Crippen LogP contribution in [0.3, 0.4) is 0 Å². The Morgan fingerprint density at radius 1 is 1.35 bits per heavy atom. The fourth-order valence-electron chi connectivity index (χ4n) is 3.12. The molecule has 0 saturated carbocycles. The van der Waals surface area contributed by atoms with Crippen LogP contribution in [-0.4, -0.2) is 30.1 Å². The molecule has 1 unspecified atom stereocenters. The van der Waals surface area contributed by atoms with E-state index in [-0.39, 0.29) is 17.4 Å². The first kappa shape index (κ1) is 15.5. The topological polar surface area (TPSA) is 15.3 Å². The molecule has 1 aromatic rings. The SMILES string of the molecule is CCC1(CC)CN(C(C)c2ccc(C)c(F)c2)CCN1. The molecule has 1 atom stereocenters. The van der Waals surface area contributed by atoms with Gasteiger partial charge in [-0.25, -0.2) is 4.39 Å². The number of hydrogen-bond acceptors (Lipinski definition) is 2. The number of nitrogens with one attached hydrogen (secondary N) is 1. The maximum absolute atomic E-state index is 13.8. The molecule has 0 amide bonds. The first-order chi connectivity index (χ1) is 9.51. The molecule has 0 radical (unpaired) electrons. The Morgan fingerprint density at radius 3 is 2.65 bits per heavy atom. The van der Waals surface area contributed by atoms with Crippen LogP contribution in [0.1, 0.15) is 50.8 Å². The highest BCUT2D eigenvalue weighted by Gasteiger charge is 2.33. The maximum atomic E-state index is 13.8. The van der Waals surface area contributed by atoms with Crippen molar-refractivity contribution in [2.75, 3.05) is 19.6 Å². The molecule has 0 bridgehead atoms. The zero-order chi connectivity index (χ0) is 14.8. The number of aryl methyl sites for hydroxylation is 1. The van der Waals surface area contributed by atoms with Crippen molar-refractivity contribution in [2.24, 2.45) is 0 Å². The molecular formula is C17H27FN2. The van der Waals surface area contributed by atoms with Gasteiger partial charge in [-0.05, 0) is 43.9 Å². The van der Waals surface area contributed by atoms with Gasteiger partial charge in [0.2, 0.25) is 0 Å². The van der Waals surface area contributed by atoms with E-state index in [9.17, 15) is 4.39 Å².